The van der Waals surface area contributed by atoms with Gasteiger partial charge >= 0.3 is 5.97 Å². The molecule has 0 spiro atoms. The number of rotatable bonds is 9. The molecule has 0 amide bonds. The maximum absolute atomic E-state index is 11.0. The molecule has 0 atom stereocenters. The quantitative estimate of drug-likeness (QED) is 0.489. The Balaban J connectivity index is 0.000000409. The fourth-order valence-corrected chi connectivity index (χ4v) is 1.90. The standard InChI is InChI=1S/C10H12O2.C9H18O/c1-2-12-10(11)8-9-6-4-3-5-7-9;1-3-5-6-7-8-9(10)4-2/h3-7H,2,8H2,1H3;3-8H2,1-2H3. The van der Waals surface area contributed by atoms with E-state index in [4.69, 9.17) is 4.74 Å². The van der Waals surface area contributed by atoms with Crippen molar-refractivity contribution in [1.29, 1.82) is 0 Å². The molecule has 0 heterocycles. The van der Waals surface area contributed by atoms with Gasteiger partial charge in [-0.25, -0.2) is 0 Å². The van der Waals surface area contributed by atoms with Crippen LogP contribution in [0, 0.1) is 0 Å². The highest BCUT2D eigenvalue weighted by Gasteiger charge is 2.01. The molecule has 1 aromatic carbocycles. The molecule has 0 fully saturated rings. The van der Waals surface area contributed by atoms with E-state index in [0.717, 1.165) is 18.4 Å². The Hall–Kier alpha value is -1.64. The molecule has 3 nitrogen and oxygen atoms in total. The van der Waals surface area contributed by atoms with E-state index in [2.05, 4.69) is 6.92 Å². The maximum atomic E-state index is 11.0. The molecule has 0 saturated heterocycles. The lowest BCUT2D eigenvalue weighted by atomic mass is 10.1. The van der Waals surface area contributed by atoms with Crippen molar-refractivity contribution in [2.24, 2.45) is 0 Å². The van der Waals surface area contributed by atoms with Crippen LogP contribution in [-0.4, -0.2) is 18.4 Å². The summed E-state index contributed by atoms with van der Waals surface area (Å²) < 4.78 is 4.81. The largest absolute Gasteiger partial charge is 0.466 e. The summed E-state index contributed by atoms with van der Waals surface area (Å²) in [6.07, 6.45) is 6.73. The highest BCUT2D eigenvalue weighted by atomic mass is 16.5. The second-order valence-electron chi connectivity index (χ2n) is 5.17. The molecule has 0 N–H and O–H groups in total. The Morgan fingerprint density at radius 3 is 2.18 bits per heavy atom. The van der Waals surface area contributed by atoms with Gasteiger partial charge in [0.2, 0.25) is 0 Å². The molecule has 124 valence electrons. The summed E-state index contributed by atoms with van der Waals surface area (Å²) in [7, 11) is 0. The molecule has 3 heteroatoms. The number of unbranched alkanes of at least 4 members (excludes halogenated alkanes) is 3. The van der Waals surface area contributed by atoms with Gasteiger partial charge in [-0.05, 0) is 18.9 Å². The van der Waals surface area contributed by atoms with Gasteiger partial charge in [-0.15, -0.1) is 0 Å². The Morgan fingerprint density at radius 2 is 1.64 bits per heavy atom. The fraction of sp³-hybridized carbons (Fsp3) is 0.579. The number of ether oxygens (including phenoxy) is 1. The minimum absolute atomic E-state index is 0.163. The van der Waals surface area contributed by atoms with Crippen LogP contribution in [0.15, 0.2) is 30.3 Å². The summed E-state index contributed by atoms with van der Waals surface area (Å²) in [6, 6.07) is 9.58. The third-order valence-corrected chi connectivity index (χ3v) is 3.20. The van der Waals surface area contributed by atoms with Crippen LogP contribution >= 0.6 is 0 Å². The fourth-order valence-electron chi connectivity index (χ4n) is 1.90. The van der Waals surface area contributed by atoms with Crippen LogP contribution in [0.1, 0.15) is 64.9 Å². The average molecular weight is 306 g/mol. The van der Waals surface area contributed by atoms with E-state index >= 15 is 0 Å². The Morgan fingerprint density at radius 1 is 0.955 bits per heavy atom. The molecular formula is C19H30O3. The van der Waals surface area contributed by atoms with E-state index in [9.17, 15) is 9.59 Å². The number of benzene rings is 1. The van der Waals surface area contributed by atoms with Crippen molar-refractivity contribution in [3.63, 3.8) is 0 Å². The van der Waals surface area contributed by atoms with Crippen LogP contribution < -0.4 is 0 Å². The number of Topliss-reactive ketones (excluding diaryl/α,β-unsaturated/α-hetero) is 1. The number of hydrogen-bond acceptors (Lipinski definition) is 3. The number of esters is 1. The van der Waals surface area contributed by atoms with Gasteiger partial charge in [-0.3, -0.25) is 9.59 Å². The van der Waals surface area contributed by atoms with Crippen LogP contribution in [0.5, 0.6) is 0 Å². The Kier molecular flexibility index (Phi) is 13.2. The van der Waals surface area contributed by atoms with Crippen molar-refractivity contribution in [1.82, 2.24) is 0 Å². The summed E-state index contributed by atoms with van der Waals surface area (Å²) in [5.74, 6) is 0.250. The summed E-state index contributed by atoms with van der Waals surface area (Å²) >= 11 is 0. The highest BCUT2D eigenvalue weighted by molar-refractivity contribution is 5.77. The van der Waals surface area contributed by atoms with Crippen molar-refractivity contribution < 1.29 is 14.3 Å². The van der Waals surface area contributed by atoms with E-state index in [0.29, 0.717) is 25.2 Å². The van der Waals surface area contributed by atoms with Crippen molar-refractivity contribution >= 4 is 11.8 Å². The van der Waals surface area contributed by atoms with Gasteiger partial charge in [0.15, 0.2) is 0 Å². The SMILES string of the molecule is CCCCCCC(=O)CC.CCOC(=O)Cc1ccccc1. The average Bonchev–Trinajstić information content (AvgIpc) is 2.53. The molecule has 0 aliphatic heterocycles. The first-order valence-electron chi connectivity index (χ1n) is 8.35. The minimum Gasteiger partial charge on any atom is -0.466 e. The molecule has 22 heavy (non-hydrogen) atoms. The molecule has 1 rings (SSSR count). The third-order valence-electron chi connectivity index (χ3n) is 3.20. The molecule has 0 unspecified atom stereocenters. The van der Waals surface area contributed by atoms with Gasteiger partial charge in [0.05, 0.1) is 13.0 Å². The van der Waals surface area contributed by atoms with E-state index < -0.39 is 0 Å². The number of carbonyl (C=O) groups is 2. The van der Waals surface area contributed by atoms with Gasteiger partial charge in [0.25, 0.3) is 0 Å². The minimum atomic E-state index is -0.163. The van der Waals surface area contributed by atoms with Crippen LogP contribution in [0.4, 0.5) is 0 Å². The molecule has 0 saturated carbocycles. The topological polar surface area (TPSA) is 43.4 Å². The van der Waals surface area contributed by atoms with E-state index in [1.807, 2.05) is 44.2 Å². The lowest BCUT2D eigenvalue weighted by Crippen LogP contribution is -2.06. The number of carbonyl (C=O) groups excluding carboxylic acids is 2. The number of hydrogen-bond donors (Lipinski definition) is 0. The van der Waals surface area contributed by atoms with E-state index in [1.165, 1.54) is 19.3 Å². The zero-order valence-corrected chi connectivity index (χ0v) is 14.3. The van der Waals surface area contributed by atoms with Crippen molar-refractivity contribution in [2.45, 2.75) is 65.7 Å². The summed E-state index contributed by atoms with van der Waals surface area (Å²) in [5, 5.41) is 0. The van der Waals surface area contributed by atoms with Crippen LogP contribution in [-0.2, 0) is 20.7 Å². The molecular weight excluding hydrogens is 276 g/mol. The summed E-state index contributed by atoms with van der Waals surface area (Å²) in [5.41, 5.74) is 0.996. The molecule has 1 aromatic rings. The van der Waals surface area contributed by atoms with E-state index in [1.54, 1.807) is 0 Å². The highest BCUT2D eigenvalue weighted by Crippen LogP contribution is 2.03. The van der Waals surface area contributed by atoms with Gasteiger partial charge < -0.3 is 4.74 Å². The zero-order valence-electron chi connectivity index (χ0n) is 14.3. The van der Waals surface area contributed by atoms with Crippen molar-refractivity contribution in [2.75, 3.05) is 6.61 Å². The summed E-state index contributed by atoms with van der Waals surface area (Å²) in [6.45, 7) is 6.37. The van der Waals surface area contributed by atoms with Crippen LogP contribution in [0.2, 0.25) is 0 Å². The maximum Gasteiger partial charge on any atom is 0.310 e. The number of ketones is 1. The Bertz CT molecular complexity index is 398. The molecule has 0 aromatic heterocycles. The predicted octanol–water partition coefficient (Wildman–Crippen LogP) is 4.73. The first-order chi connectivity index (χ1) is 10.6. The first-order valence-corrected chi connectivity index (χ1v) is 8.35. The molecule has 0 aliphatic carbocycles. The monoisotopic (exact) mass is 306 g/mol. The lowest BCUT2D eigenvalue weighted by molar-refractivity contribution is -0.142. The predicted molar refractivity (Wildman–Crippen MR) is 90.8 cm³/mol. The lowest BCUT2D eigenvalue weighted by Gasteiger charge is -2.00. The van der Waals surface area contributed by atoms with Crippen LogP contribution in [0.3, 0.4) is 0 Å². The zero-order chi connectivity index (χ0) is 16.6. The molecule has 0 bridgehead atoms. The van der Waals surface area contributed by atoms with Gasteiger partial charge in [0.1, 0.15) is 5.78 Å². The molecule has 0 aliphatic rings. The van der Waals surface area contributed by atoms with Crippen molar-refractivity contribution in [3.8, 4) is 0 Å². The Labute approximate surface area is 135 Å². The van der Waals surface area contributed by atoms with E-state index in [-0.39, 0.29) is 5.97 Å². The molecule has 0 radical (unpaired) electrons. The second kappa shape index (κ2) is 14.3. The first kappa shape index (κ1) is 20.4. The van der Waals surface area contributed by atoms with Crippen molar-refractivity contribution in [3.05, 3.63) is 35.9 Å². The smallest absolute Gasteiger partial charge is 0.310 e. The normalized spacial score (nSPS) is 9.59. The summed E-state index contributed by atoms with van der Waals surface area (Å²) in [4.78, 5) is 21.8. The van der Waals surface area contributed by atoms with Gasteiger partial charge in [0, 0.05) is 12.8 Å². The van der Waals surface area contributed by atoms with Crippen LogP contribution in [0.25, 0.3) is 0 Å². The van der Waals surface area contributed by atoms with Gasteiger partial charge in [-0.2, -0.15) is 0 Å². The third kappa shape index (κ3) is 12.1. The van der Waals surface area contributed by atoms with Gasteiger partial charge in [-0.1, -0.05) is 63.4 Å². The second-order valence-corrected chi connectivity index (χ2v) is 5.17.